The fourth-order valence-corrected chi connectivity index (χ4v) is 4.51. The van der Waals surface area contributed by atoms with E-state index in [-0.39, 0.29) is 11.3 Å². The third kappa shape index (κ3) is 9.35. The Morgan fingerprint density at radius 3 is 2.32 bits per heavy atom. The third-order valence-electron chi connectivity index (χ3n) is 6.88. The van der Waals surface area contributed by atoms with Crippen molar-refractivity contribution in [3.8, 4) is 0 Å². The Balaban J connectivity index is 0.00000334. The maximum Gasteiger partial charge on any atom is 0.140 e. The third-order valence-corrected chi connectivity index (χ3v) is 6.88. The lowest BCUT2D eigenvalue weighted by molar-refractivity contribution is -0.121. The van der Waals surface area contributed by atoms with Gasteiger partial charge in [-0.15, -0.1) is 6.58 Å². The monoisotopic (exact) mass is 499 g/mol. The van der Waals surface area contributed by atoms with E-state index in [4.69, 9.17) is 0 Å². The molecular formula is C35H49NO. The molecule has 1 aromatic rings. The van der Waals surface area contributed by atoms with Crippen LogP contribution in [0.25, 0.3) is 5.70 Å². The molecule has 0 aliphatic heterocycles. The second kappa shape index (κ2) is 15.9. The van der Waals surface area contributed by atoms with E-state index >= 15 is 0 Å². The van der Waals surface area contributed by atoms with Crippen molar-refractivity contribution in [2.24, 2.45) is 11.3 Å². The molecule has 0 radical (unpaired) electrons. The van der Waals surface area contributed by atoms with Gasteiger partial charge in [-0.2, -0.15) is 0 Å². The summed E-state index contributed by atoms with van der Waals surface area (Å²) in [5, 5.41) is 3.36. The first-order valence-electron chi connectivity index (χ1n) is 13.6. The van der Waals surface area contributed by atoms with E-state index < -0.39 is 0 Å². The average Bonchev–Trinajstić information content (AvgIpc) is 2.88. The van der Waals surface area contributed by atoms with Gasteiger partial charge in [-0.3, -0.25) is 4.79 Å². The van der Waals surface area contributed by atoms with Crippen LogP contribution in [0.2, 0.25) is 0 Å². The molecule has 2 nitrogen and oxygen atoms in total. The number of hydrogen-bond acceptors (Lipinski definition) is 2. The molecule has 0 fully saturated rings. The number of carbonyl (C=O) groups excluding carboxylic acids is 1. The highest BCUT2D eigenvalue weighted by atomic mass is 16.1. The van der Waals surface area contributed by atoms with E-state index in [1.54, 1.807) is 0 Å². The maximum absolute atomic E-state index is 13.1. The molecular weight excluding hydrogens is 450 g/mol. The standard InChI is InChI=1S/C33H43NO.C2H6/c1-9-12-30(20-24(4)5)33(8)18-17-28(22-26(33)7)23-32(35)25(6)21-27-13-15-29(16-14-27)31(11-3)34-19-10-2;1-2/h9-17,20,22,25,34H,1-2,18-19,21,23H2,3-8H3;1-2H3/b30-12+,31-11-;. The predicted octanol–water partition coefficient (Wildman–Crippen LogP) is 9.35. The molecule has 0 saturated heterocycles. The minimum absolute atomic E-state index is 0.0225. The molecule has 1 N–H and O–H groups in total. The summed E-state index contributed by atoms with van der Waals surface area (Å²) >= 11 is 0. The topological polar surface area (TPSA) is 29.1 Å². The molecule has 37 heavy (non-hydrogen) atoms. The lowest BCUT2D eigenvalue weighted by Crippen LogP contribution is -2.23. The summed E-state index contributed by atoms with van der Waals surface area (Å²) in [6, 6.07) is 8.50. The zero-order valence-corrected chi connectivity index (χ0v) is 24.6. The second-order valence-corrected chi connectivity index (χ2v) is 10.0. The SMILES string of the molecule is C=C/C=C(\C=C(C)C)C1(C)CC=C(CC(=O)C(C)Cc2ccc(/C(=C/C)NCC=C)cc2)C=C1C.CC. The van der Waals surface area contributed by atoms with Gasteiger partial charge in [0.15, 0.2) is 0 Å². The summed E-state index contributed by atoms with van der Waals surface area (Å²) in [5.74, 6) is 0.270. The molecule has 1 aliphatic carbocycles. The zero-order chi connectivity index (χ0) is 28.0. The molecule has 1 aromatic carbocycles. The summed E-state index contributed by atoms with van der Waals surface area (Å²) in [5.41, 5.74) is 8.31. The van der Waals surface area contributed by atoms with Crippen LogP contribution >= 0.6 is 0 Å². The van der Waals surface area contributed by atoms with Crippen molar-refractivity contribution in [3.05, 3.63) is 113 Å². The van der Waals surface area contributed by atoms with Crippen molar-refractivity contribution in [1.82, 2.24) is 5.32 Å². The van der Waals surface area contributed by atoms with Crippen LogP contribution in [0.4, 0.5) is 0 Å². The first-order chi connectivity index (χ1) is 17.6. The number of ketones is 1. The Labute approximate surface area is 227 Å². The number of allylic oxidation sites excluding steroid dienone is 10. The fourth-order valence-electron chi connectivity index (χ4n) is 4.51. The highest BCUT2D eigenvalue weighted by Crippen LogP contribution is 2.44. The quantitative estimate of drug-likeness (QED) is 0.229. The molecule has 1 aliphatic rings. The van der Waals surface area contributed by atoms with Gasteiger partial charge in [0.1, 0.15) is 5.78 Å². The lowest BCUT2D eigenvalue weighted by Gasteiger charge is -2.35. The van der Waals surface area contributed by atoms with Crippen molar-refractivity contribution < 1.29 is 4.79 Å². The Hall–Kier alpha value is -3.13. The van der Waals surface area contributed by atoms with Crippen LogP contribution in [0.3, 0.4) is 0 Å². The van der Waals surface area contributed by atoms with Crippen LogP contribution in [-0.4, -0.2) is 12.3 Å². The highest BCUT2D eigenvalue weighted by molar-refractivity contribution is 5.84. The van der Waals surface area contributed by atoms with E-state index in [2.05, 4.69) is 101 Å². The Morgan fingerprint density at radius 2 is 1.81 bits per heavy atom. The van der Waals surface area contributed by atoms with E-state index in [0.717, 1.165) is 36.2 Å². The predicted molar refractivity (Wildman–Crippen MR) is 164 cm³/mol. The summed E-state index contributed by atoms with van der Waals surface area (Å²) < 4.78 is 0. The van der Waals surface area contributed by atoms with E-state index in [1.165, 1.54) is 22.3 Å². The Morgan fingerprint density at radius 1 is 1.16 bits per heavy atom. The van der Waals surface area contributed by atoms with Crippen LogP contribution in [0.5, 0.6) is 0 Å². The van der Waals surface area contributed by atoms with E-state index in [9.17, 15) is 4.79 Å². The van der Waals surface area contributed by atoms with Crippen LogP contribution in [0.1, 0.15) is 79.4 Å². The maximum atomic E-state index is 13.1. The van der Waals surface area contributed by atoms with Crippen molar-refractivity contribution in [2.45, 2.75) is 74.7 Å². The minimum atomic E-state index is -0.0717. The van der Waals surface area contributed by atoms with Crippen molar-refractivity contribution >= 4 is 11.5 Å². The molecule has 0 amide bonds. The molecule has 0 heterocycles. The van der Waals surface area contributed by atoms with Gasteiger partial charge < -0.3 is 5.32 Å². The average molecular weight is 500 g/mol. The number of carbonyl (C=O) groups is 1. The van der Waals surface area contributed by atoms with Gasteiger partial charge in [0, 0.05) is 30.0 Å². The smallest absolute Gasteiger partial charge is 0.140 e. The normalized spacial score (nSPS) is 18.4. The largest absolute Gasteiger partial charge is 0.381 e. The summed E-state index contributed by atoms with van der Waals surface area (Å²) in [6.45, 7) is 25.2. The van der Waals surface area contributed by atoms with Crippen molar-refractivity contribution in [2.75, 3.05) is 6.54 Å². The molecule has 0 bridgehead atoms. The molecule has 2 rings (SSSR count). The van der Waals surface area contributed by atoms with Gasteiger partial charge in [0.2, 0.25) is 0 Å². The first-order valence-corrected chi connectivity index (χ1v) is 13.6. The first kappa shape index (κ1) is 31.9. The Bertz CT molecular complexity index is 1070. The van der Waals surface area contributed by atoms with Gasteiger partial charge in [0.25, 0.3) is 0 Å². The van der Waals surface area contributed by atoms with Gasteiger partial charge in [0.05, 0.1) is 0 Å². The summed E-state index contributed by atoms with van der Waals surface area (Å²) in [7, 11) is 0. The van der Waals surface area contributed by atoms with Gasteiger partial charge in [-0.1, -0.05) is 112 Å². The van der Waals surface area contributed by atoms with Crippen LogP contribution in [-0.2, 0) is 11.2 Å². The number of nitrogens with one attached hydrogen (secondary N) is 1. The highest BCUT2D eigenvalue weighted by Gasteiger charge is 2.31. The summed E-state index contributed by atoms with van der Waals surface area (Å²) in [4.78, 5) is 13.1. The van der Waals surface area contributed by atoms with Gasteiger partial charge >= 0.3 is 0 Å². The van der Waals surface area contributed by atoms with Crippen LogP contribution < -0.4 is 5.32 Å². The molecule has 200 valence electrons. The molecule has 2 heteroatoms. The van der Waals surface area contributed by atoms with Crippen molar-refractivity contribution in [1.29, 1.82) is 0 Å². The second-order valence-electron chi connectivity index (χ2n) is 10.0. The Kier molecular flexibility index (Phi) is 13.7. The van der Waals surface area contributed by atoms with E-state index in [0.29, 0.717) is 12.2 Å². The molecule has 2 atom stereocenters. The molecule has 0 aromatic heterocycles. The molecule has 2 unspecified atom stereocenters. The summed E-state index contributed by atoms with van der Waals surface area (Å²) in [6.07, 6.45) is 16.7. The molecule has 0 saturated carbocycles. The van der Waals surface area contributed by atoms with Gasteiger partial charge in [-0.25, -0.2) is 0 Å². The minimum Gasteiger partial charge on any atom is -0.381 e. The number of hydrogen-bond donors (Lipinski definition) is 1. The molecule has 0 spiro atoms. The van der Waals surface area contributed by atoms with Crippen LogP contribution in [0, 0.1) is 11.3 Å². The number of benzene rings is 1. The lowest BCUT2D eigenvalue weighted by atomic mass is 9.69. The van der Waals surface area contributed by atoms with Crippen molar-refractivity contribution in [3.63, 3.8) is 0 Å². The number of Topliss-reactive ketones (excluding diaryl/α,β-unsaturated/α-hetero) is 1. The zero-order valence-electron chi connectivity index (χ0n) is 24.6. The van der Waals surface area contributed by atoms with Gasteiger partial charge in [-0.05, 0) is 62.8 Å². The fraction of sp³-hybridized carbons (Fsp3) is 0.400. The number of rotatable bonds is 12. The van der Waals surface area contributed by atoms with Crippen LogP contribution in [0.15, 0.2) is 102 Å². The van der Waals surface area contributed by atoms with E-state index in [1.807, 2.05) is 39.8 Å².